The van der Waals surface area contributed by atoms with Crippen molar-refractivity contribution in [2.24, 2.45) is 0 Å². The number of hydrogen-bond donors (Lipinski definition) is 2. The summed E-state index contributed by atoms with van der Waals surface area (Å²) in [6, 6.07) is 4.40. The molecule has 0 aromatic heterocycles. The third-order valence-corrected chi connectivity index (χ3v) is 3.22. The van der Waals surface area contributed by atoms with E-state index in [1.807, 2.05) is 0 Å². The van der Waals surface area contributed by atoms with Gasteiger partial charge in [0.1, 0.15) is 17.7 Å². The van der Waals surface area contributed by atoms with E-state index in [9.17, 15) is 9.18 Å². The topological polar surface area (TPSA) is 58.6 Å². The van der Waals surface area contributed by atoms with Gasteiger partial charge in [-0.25, -0.2) is 9.18 Å². The second-order valence-electron chi connectivity index (χ2n) is 3.93. The van der Waals surface area contributed by atoms with E-state index in [1.54, 1.807) is 12.1 Å². The molecule has 17 heavy (non-hydrogen) atoms. The fourth-order valence-electron chi connectivity index (χ4n) is 1.70. The van der Waals surface area contributed by atoms with Crippen LogP contribution < -0.4 is 10.1 Å². The number of carbonyl (C=O) groups is 1. The summed E-state index contributed by atoms with van der Waals surface area (Å²) in [7, 11) is 0. The normalized spacial score (nSPS) is 22.7. The Balaban J connectivity index is 1.83. The molecule has 0 spiro atoms. The molecule has 6 heteroatoms. The molecule has 1 aliphatic carbocycles. The Morgan fingerprint density at radius 1 is 1.53 bits per heavy atom. The molecule has 1 fully saturated rings. The van der Waals surface area contributed by atoms with Crippen LogP contribution in [0.15, 0.2) is 22.7 Å². The molecule has 1 aromatic carbocycles. The van der Waals surface area contributed by atoms with E-state index in [0.29, 0.717) is 23.1 Å². The molecule has 2 rings (SSSR count). The summed E-state index contributed by atoms with van der Waals surface area (Å²) in [5.74, 6) is 0.244. The van der Waals surface area contributed by atoms with Gasteiger partial charge in [0.25, 0.3) is 0 Å². The minimum atomic E-state index is -1.02. The van der Waals surface area contributed by atoms with Crippen LogP contribution in [0.2, 0.25) is 0 Å². The summed E-state index contributed by atoms with van der Waals surface area (Å²) in [6.45, 7) is 0. The zero-order valence-corrected chi connectivity index (χ0v) is 10.4. The summed E-state index contributed by atoms with van der Waals surface area (Å²) in [6.07, 6.45) is 0.255. The maximum Gasteiger partial charge on any atom is 0.404 e. The van der Waals surface area contributed by atoms with Gasteiger partial charge in [0, 0.05) is 18.9 Å². The minimum absolute atomic E-state index is 0.00999. The smallest absolute Gasteiger partial charge is 0.404 e. The van der Waals surface area contributed by atoms with Crippen LogP contribution in [0, 0.1) is 5.82 Å². The van der Waals surface area contributed by atoms with Crippen LogP contribution in [0.5, 0.6) is 5.75 Å². The van der Waals surface area contributed by atoms with Crippen LogP contribution in [0.4, 0.5) is 9.18 Å². The zero-order chi connectivity index (χ0) is 12.4. The van der Waals surface area contributed by atoms with Crippen molar-refractivity contribution < 1.29 is 19.0 Å². The highest BCUT2D eigenvalue weighted by Gasteiger charge is 2.32. The molecule has 1 aliphatic rings. The Labute approximate surface area is 106 Å². The maximum atomic E-state index is 13.0. The van der Waals surface area contributed by atoms with Gasteiger partial charge >= 0.3 is 6.09 Å². The predicted molar refractivity (Wildman–Crippen MR) is 62.7 cm³/mol. The first-order valence-electron chi connectivity index (χ1n) is 5.16. The third kappa shape index (κ3) is 3.09. The molecule has 0 saturated heterocycles. The van der Waals surface area contributed by atoms with E-state index in [1.165, 1.54) is 6.07 Å². The average Bonchev–Trinajstić information content (AvgIpc) is 2.19. The van der Waals surface area contributed by atoms with Gasteiger partial charge in [0.2, 0.25) is 0 Å². The lowest BCUT2D eigenvalue weighted by Crippen LogP contribution is -2.48. The van der Waals surface area contributed by atoms with E-state index in [0.717, 1.165) is 0 Å². The van der Waals surface area contributed by atoms with Crippen molar-refractivity contribution in [2.75, 3.05) is 0 Å². The van der Waals surface area contributed by atoms with Gasteiger partial charge in [-0.15, -0.1) is 0 Å². The molecular weight excluding hydrogens is 293 g/mol. The quantitative estimate of drug-likeness (QED) is 0.903. The molecule has 0 unspecified atom stereocenters. The number of amides is 1. The summed E-state index contributed by atoms with van der Waals surface area (Å²) in [5.41, 5.74) is 0. The van der Waals surface area contributed by atoms with Crippen molar-refractivity contribution in [1.29, 1.82) is 0 Å². The average molecular weight is 304 g/mol. The Morgan fingerprint density at radius 3 is 2.82 bits per heavy atom. The van der Waals surface area contributed by atoms with Crippen molar-refractivity contribution in [3.8, 4) is 5.75 Å². The second kappa shape index (κ2) is 4.91. The Kier molecular flexibility index (Phi) is 3.51. The summed E-state index contributed by atoms with van der Waals surface area (Å²) < 4.78 is 18.9. The van der Waals surface area contributed by atoms with Gasteiger partial charge in [-0.3, -0.25) is 0 Å². The number of halogens is 2. The molecule has 2 N–H and O–H groups in total. The van der Waals surface area contributed by atoms with Gasteiger partial charge in [0.05, 0.1) is 4.47 Å². The fraction of sp³-hybridized carbons (Fsp3) is 0.364. The van der Waals surface area contributed by atoms with Crippen LogP contribution in [0.3, 0.4) is 0 Å². The van der Waals surface area contributed by atoms with Crippen LogP contribution in [0.1, 0.15) is 12.8 Å². The van der Waals surface area contributed by atoms with Crippen molar-refractivity contribution in [2.45, 2.75) is 25.0 Å². The molecule has 1 amide bonds. The van der Waals surface area contributed by atoms with Crippen molar-refractivity contribution >= 4 is 22.0 Å². The van der Waals surface area contributed by atoms with Gasteiger partial charge in [-0.1, -0.05) is 0 Å². The Hall–Kier alpha value is -1.30. The summed E-state index contributed by atoms with van der Waals surface area (Å²) in [4.78, 5) is 10.3. The largest absolute Gasteiger partial charge is 0.490 e. The number of nitrogens with one attached hydrogen (secondary N) is 1. The fourth-order valence-corrected chi connectivity index (χ4v) is 2.05. The lowest BCUT2D eigenvalue weighted by Gasteiger charge is -2.35. The number of ether oxygens (including phenoxy) is 1. The third-order valence-electron chi connectivity index (χ3n) is 2.62. The van der Waals surface area contributed by atoms with Crippen molar-refractivity contribution in [3.63, 3.8) is 0 Å². The van der Waals surface area contributed by atoms with E-state index in [-0.39, 0.29) is 18.0 Å². The van der Waals surface area contributed by atoms with Gasteiger partial charge in [-0.2, -0.15) is 0 Å². The standard InChI is InChI=1S/C11H11BrFNO3/c12-9-5-7(1-2-10(9)13)17-8-3-6(4-8)14-11(15)16/h1-2,5-6,8,14H,3-4H2,(H,15,16). The molecular formula is C11H11BrFNO3. The second-order valence-corrected chi connectivity index (χ2v) is 4.79. The van der Waals surface area contributed by atoms with Crippen LogP contribution in [-0.2, 0) is 0 Å². The van der Waals surface area contributed by atoms with Gasteiger partial charge < -0.3 is 15.2 Å². The van der Waals surface area contributed by atoms with E-state index < -0.39 is 6.09 Å². The maximum absolute atomic E-state index is 13.0. The van der Waals surface area contributed by atoms with Crippen LogP contribution >= 0.6 is 15.9 Å². The van der Waals surface area contributed by atoms with Crippen LogP contribution in [0.25, 0.3) is 0 Å². The SMILES string of the molecule is O=C(O)NC1CC(Oc2ccc(F)c(Br)c2)C1. The molecule has 4 nitrogen and oxygen atoms in total. The Bertz CT molecular complexity index is 435. The number of rotatable bonds is 3. The zero-order valence-electron chi connectivity index (χ0n) is 8.82. The highest BCUT2D eigenvalue weighted by molar-refractivity contribution is 9.10. The monoisotopic (exact) mass is 303 g/mol. The van der Waals surface area contributed by atoms with Gasteiger partial charge in [0.15, 0.2) is 0 Å². The molecule has 0 bridgehead atoms. The first kappa shape index (κ1) is 12.2. The van der Waals surface area contributed by atoms with E-state index in [4.69, 9.17) is 9.84 Å². The molecule has 92 valence electrons. The highest BCUT2D eigenvalue weighted by Crippen LogP contribution is 2.28. The van der Waals surface area contributed by atoms with Crippen LogP contribution in [-0.4, -0.2) is 23.3 Å². The van der Waals surface area contributed by atoms with E-state index in [2.05, 4.69) is 21.2 Å². The van der Waals surface area contributed by atoms with Crippen molar-refractivity contribution in [3.05, 3.63) is 28.5 Å². The summed E-state index contributed by atoms with van der Waals surface area (Å²) in [5, 5.41) is 10.9. The first-order valence-corrected chi connectivity index (χ1v) is 5.95. The number of carboxylic acid groups (broad SMARTS) is 1. The number of hydrogen-bond acceptors (Lipinski definition) is 2. The minimum Gasteiger partial charge on any atom is -0.490 e. The molecule has 0 heterocycles. The lowest BCUT2D eigenvalue weighted by molar-refractivity contribution is 0.0832. The molecule has 1 saturated carbocycles. The summed E-state index contributed by atoms with van der Waals surface area (Å²) >= 11 is 3.08. The Morgan fingerprint density at radius 2 is 2.24 bits per heavy atom. The predicted octanol–water partition coefficient (Wildman–Crippen LogP) is 2.77. The number of benzene rings is 1. The van der Waals surface area contributed by atoms with Crippen molar-refractivity contribution in [1.82, 2.24) is 5.32 Å². The van der Waals surface area contributed by atoms with Gasteiger partial charge in [-0.05, 0) is 34.1 Å². The highest BCUT2D eigenvalue weighted by atomic mass is 79.9. The molecule has 1 aromatic rings. The molecule has 0 atom stereocenters. The first-order chi connectivity index (χ1) is 8.04. The van der Waals surface area contributed by atoms with E-state index >= 15 is 0 Å². The molecule has 0 aliphatic heterocycles. The lowest BCUT2D eigenvalue weighted by atomic mass is 9.89. The molecule has 0 radical (unpaired) electrons.